The fourth-order valence-corrected chi connectivity index (χ4v) is 3.39. The van der Waals surface area contributed by atoms with E-state index >= 15 is 0 Å². The van der Waals surface area contributed by atoms with Crippen LogP contribution < -0.4 is 10.6 Å². The minimum absolute atomic E-state index is 0.0160. The molecular formula is C22H18BrF7N2O2. The van der Waals surface area contributed by atoms with Gasteiger partial charge in [-0.05, 0) is 57.7 Å². The van der Waals surface area contributed by atoms with E-state index in [0.717, 1.165) is 24.3 Å². The predicted molar refractivity (Wildman–Crippen MR) is 115 cm³/mol. The molecule has 1 unspecified atom stereocenters. The highest BCUT2D eigenvalue weighted by molar-refractivity contribution is 9.10. The molecule has 0 bridgehead atoms. The summed E-state index contributed by atoms with van der Waals surface area (Å²) in [5, 5.41) is 3.75. The molecule has 0 saturated heterocycles. The number of amides is 2. The molecule has 0 aliphatic carbocycles. The standard InChI is InChI=1S/C22H18BrF7N2O2/c1-12-8-14(4-7-18(12)24)16(22(28,29)30)6-3-13-2-5-15(17(23)9-13)20(34)31-10-19(33)32-11-21(25,26)27/h2-9,16H,10-11H2,1H3,(H,31,34)(H,32,33)/b6-3+. The molecule has 2 amide bonds. The Bertz CT molecular complexity index is 1080. The molecule has 0 aliphatic rings. The number of alkyl halides is 6. The Morgan fingerprint density at radius 2 is 1.71 bits per heavy atom. The van der Waals surface area contributed by atoms with Gasteiger partial charge in [0.25, 0.3) is 5.91 Å². The van der Waals surface area contributed by atoms with Gasteiger partial charge in [0.1, 0.15) is 12.4 Å². The molecule has 0 radical (unpaired) electrons. The number of halogens is 8. The quantitative estimate of drug-likeness (QED) is 0.434. The molecule has 34 heavy (non-hydrogen) atoms. The monoisotopic (exact) mass is 554 g/mol. The Hall–Kier alpha value is -2.89. The Kier molecular flexibility index (Phi) is 8.87. The average Bonchev–Trinajstić information content (AvgIpc) is 2.71. The van der Waals surface area contributed by atoms with E-state index in [4.69, 9.17) is 0 Å². The van der Waals surface area contributed by atoms with E-state index < -0.39 is 49.0 Å². The van der Waals surface area contributed by atoms with Crippen LogP contribution in [0.2, 0.25) is 0 Å². The first-order chi connectivity index (χ1) is 15.7. The summed E-state index contributed by atoms with van der Waals surface area (Å²) in [6, 6.07) is 7.12. The first-order valence-electron chi connectivity index (χ1n) is 9.59. The van der Waals surface area contributed by atoms with Crippen LogP contribution in [0.15, 0.2) is 46.9 Å². The van der Waals surface area contributed by atoms with Crippen molar-refractivity contribution in [3.63, 3.8) is 0 Å². The zero-order valence-corrected chi connectivity index (χ0v) is 19.0. The largest absolute Gasteiger partial charge is 0.405 e. The summed E-state index contributed by atoms with van der Waals surface area (Å²) >= 11 is 3.11. The highest BCUT2D eigenvalue weighted by Crippen LogP contribution is 2.37. The van der Waals surface area contributed by atoms with Crippen molar-refractivity contribution in [2.24, 2.45) is 0 Å². The number of carbonyl (C=O) groups excluding carboxylic acids is 2. The van der Waals surface area contributed by atoms with Crippen molar-refractivity contribution in [2.45, 2.75) is 25.2 Å². The van der Waals surface area contributed by atoms with Crippen LogP contribution >= 0.6 is 15.9 Å². The Morgan fingerprint density at radius 3 is 2.26 bits per heavy atom. The number of allylic oxidation sites excluding steroid dienone is 1. The van der Waals surface area contributed by atoms with Gasteiger partial charge in [0.05, 0.1) is 18.0 Å². The van der Waals surface area contributed by atoms with Crippen LogP contribution in [0, 0.1) is 12.7 Å². The maximum absolute atomic E-state index is 13.6. The molecule has 2 aromatic carbocycles. The smallest absolute Gasteiger partial charge is 0.345 e. The lowest BCUT2D eigenvalue weighted by molar-refractivity contribution is -0.139. The summed E-state index contributed by atoms with van der Waals surface area (Å²) in [5.74, 6) is -4.44. The van der Waals surface area contributed by atoms with Gasteiger partial charge in [0.2, 0.25) is 5.91 Å². The molecule has 2 rings (SSSR count). The highest BCUT2D eigenvalue weighted by Gasteiger charge is 2.39. The van der Waals surface area contributed by atoms with Crippen molar-refractivity contribution in [1.29, 1.82) is 0 Å². The molecule has 0 fully saturated rings. The van der Waals surface area contributed by atoms with Gasteiger partial charge in [0, 0.05) is 4.47 Å². The molecule has 0 spiro atoms. The fourth-order valence-electron chi connectivity index (χ4n) is 2.81. The molecule has 184 valence electrons. The van der Waals surface area contributed by atoms with Crippen molar-refractivity contribution in [1.82, 2.24) is 10.6 Å². The third-order valence-electron chi connectivity index (χ3n) is 4.51. The number of benzene rings is 2. The first-order valence-corrected chi connectivity index (χ1v) is 10.4. The van der Waals surface area contributed by atoms with E-state index in [0.29, 0.717) is 5.56 Å². The molecule has 0 saturated carbocycles. The van der Waals surface area contributed by atoms with Gasteiger partial charge in [-0.25, -0.2) is 4.39 Å². The van der Waals surface area contributed by atoms with Crippen LogP contribution in [0.1, 0.15) is 33.0 Å². The Morgan fingerprint density at radius 1 is 1.03 bits per heavy atom. The summed E-state index contributed by atoms with van der Waals surface area (Å²) in [4.78, 5) is 23.6. The second kappa shape index (κ2) is 11.0. The molecule has 0 heterocycles. The van der Waals surface area contributed by atoms with Gasteiger partial charge in [-0.3, -0.25) is 9.59 Å². The maximum atomic E-state index is 13.6. The van der Waals surface area contributed by atoms with E-state index in [1.165, 1.54) is 31.2 Å². The van der Waals surface area contributed by atoms with E-state index in [1.54, 1.807) is 5.32 Å². The summed E-state index contributed by atoms with van der Waals surface area (Å²) in [6.07, 6.45) is -7.13. The molecule has 2 aromatic rings. The molecular weight excluding hydrogens is 537 g/mol. The van der Waals surface area contributed by atoms with Gasteiger partial charge in [-0.1, -0.05) is 30.4 Å². The van der Waals surface area contributed by atoms with Crippen LogP contribution in [-0.2, 0) is 4.79 Å². The predicted octanol–water partition coefficient (Wildman–Crippen LogP) is 5.66. The van der Waals surface area contributed by atoms with Crippen molar-refractivity contribution in [2.75, 3.05) is 13.1 Å². The molecule has 0 aliphatic heterocycles. The van der Waals surface area contributed by atoms with Crippen LogP contribution in [-0.4, -0.2) is 37.3 Å². The number of hydrogen-bond donors (Lipinski definition) is 2. The zero-order chi connectivity index (χ0) is 25.7. The first kappa shape index (κ1) is 27.4. The van der Waals surface area contributed by atoms with Crippen molar-refractivity contribution >= 4 is 33.8 Å². The second-order valence-electron chi connectivity index (χ2n) is 7.20. The lowest BCUT2D eigenvalue weighted by Crippen LogP contribution is -2.40. The van der Waals surface area contributed by atoms with Gasteiger partial charge < -0.3 is 10.6 Å². The van der Waals surface area contributed by atoms with Gasteiger partial charge >= 0.3 is 12.4 Å². The van der Waals surface area contributed by atoms with Crippen molar-refractivity contribution in [3.05, 3.63) is 75.0 Å². The fraction of sp³-hybridized carbons (Fsp3) is 0.273. The minimum Gasteiger partial charge on any atom is -0.345 e. The van der Waals surface area contributed by atoms with Crippen LogP contribution in [0.3, 0.4) is 0 Å². The van der Waals surface area contributed by atoms with Crippen molar-refractivity contribution < 1.29 is 40.3 Å². The summed E-state index contributed by atoms with van der Waals surface area (Å²) in [7, 11) is 0. The van der Waals surface area contributed by atoms with E-state index in [2.05, 4.69) is 21.2 Å². The SMILES string of the molecule is Cc1cc(C(/C=C/c2ccc(C(=O)NCC(=O)NCC(F)(F)F)c(Br)c2)C(F)(F)F)ccc1F. The highest BCUT2D eigenvalue weighted by atomic mass is 79.9. The normalized spacial score (nSPS) is 13.1. The van der Waals surface area contributed by atoms with Gasteiger partial charge in [-0.15, -0.1) is 0 Å². The third-order valence-corrected chi connectivity index (χ3v) is 5.16. The molecule has 4 nitrogen and oxygen atoms in total. The van der Waals surface area contributed by atoms with E-state index in [-0.39, 0.29) is 21.2 Å². The third kappa shape index (κ3) is 8.15. The van der Waals surface area contributed by atoms with Crippen LogP contribution in [0.5, 0.6) is 0 Å². The molecule has 1 atom stereocenters. The molecule has 0 aromatic heterocycles. The summed E-state index contributed by atoms with van der Waals surface area (Å²) in [6.45, 7) is -0.882. The Balaban J connectivity index is 2.11. The van der Waals surface area contributed by atoms with Crippen LogP contribution in [0.25, 0.3) is 6.08 Å². The summed E-state index contributed by atoms with van der Waals surface area (Å²) < 4.78 is 90.6. The lowest BCUT2D eigenvalue weighted by atomic mass is 9.95. The maximum Gasteiger partial charge on any atom is 0.405 e. The minimum atomic E-state index is -4.63. The lowest BCUT2D eigenvalue weighted by Gasteiger charge is -2.18. The van der Waals surface area contributed by atoms with Crippen molar-refractivity contribution in [3.8, 4) is 0 Å². The topological polar surface area (TPSA) is 58.2 Å². The number of carbonyl (C=O) groups is 2. The van der Waals surface area contributed by atoms with E-state index in [9.17, 15) is 40.3 Å². The summed E-state index contributed by atoms with van der Waals surface area (Å²) in [5.41, 5.74) is 0.258. The van der Waals surface area contributed by atoms with Gasteiger partial charge in [0.15, 0.2) is 0 Å². The van der Waals surface area contributed by atoms with E-state index in [1.807, 2.05) is 0 Å². The zero-order valence-electron chi connectivity index (χ0n) is 17.5. The van der Waals surface area contributed by atoms with Gasteiger partial charge in [-0.2, -0.15) is 26.3 Å². The number of aryl methyl sites for hydroxylation is 1. The molecule has 12 heteroatoms. The number of rotatable bonds is 7. The number of hydrogen-bond acceptors (Lipinski definition) is 2. The van der Waals surface area contributed by atoms with Crippen LogP contribution in [0.4, 0.5) is 30.7 Å². The Labute approximate surface area is 198 Å². The molecule has 2 N–H and O–H groups in total. The second-order valence-corrected chi connectivity index (χ2v) is 8.06. The number of nitrogens with one attached hydrogen (secondary N) is 2. The average molecular weight is 555 g/mol.